The number of hydrogen-bond donors (Lipinski definition) is 2. The third-order valence-corrected chi connectivity index (χ3v) is 2.62. The zero-order chi connectivity index (χ0) is 12.0. The quantitative estimate of drug-likeness (QED) is 0.793. The lowest BCUT2D eigenvalue weighted by atomic mass is 10.1. The maximum absolute atomic E-state index is 11.8. The molecule has 0 aliphatic heterocycles. The van der Waals surface area contributed by atoms with Gasteiger partial charge < -0.3 is 10.6 Å². The summed E-state index contributed by atoms with van der Waals surface area (Å²) in [5.74, 6) is 0.0851. The summed E-state index contributed by atoms with van der Waals surface area (Å²) in [6.45, 7) is 4.62. The van der Waals surface area contributed by atoms with Crippen LogP contribution in [-0.4, -0.2) is 19.5 Å². The average molecular weight is 220 g/mol. The number of nitrogens with one attached hydrogen (secondary N) is 2. The highest BCUT2D eigenvalue weighted by Crippen LogP contribution is 2.11. The van der Waals surface area contributed by atoms with Gasteiger partial charge in [0.05, 0.1) is 6.04 Å². The number of benzene rings is 1. The van der Waals surface area contributed by atoms with E-state index in [1.807, 2.05) is 51.2 Å². The van der Waals surface area contributed by atoms with Gasteiger partial charge in [-0.15, -0.1) is 0 Å². The van der Waals surface area contributed by atoms with Gasteiger partial charge in [-0.3, -0.25) is 4.79 Å². The number of hydrogen-bond acceptors (Lipinski definition) is 2. The van der Waals surface area contributed by atoms with Crippen molar-refractivity contribution in [3.05, 3.63) is 35.9 Å². The van der Waals surface area contributed by atoms with Crippen LogP contribution in [0.1, 0.15) is 25.5 Å². The van der Waals surface area contributed by atoms with Crippen LogP contribution in [0.5, 0.6) is 0 Å². The molecule has 0 bridgehead atoms. The normalized spacial score (nSPS) is 14.2. The summed E-state index contributed by atoms with van der Waals surface area (Å²) in [5, 5.41) is 6.00. The van der Waals surface area contributed by atoms with Crippen molar-refractivity contribution in [2.75, 3.05) is 13.6 Å². The first-order chi connectivity index (χ1) is 7.65. The van der Waals surface area contributed by atoms with Crippen molar-refractivity contribution in [3.8, 4) is 0 Å². The number of carbonyl (C=O) groups is 1. The Morgan fingerprint density at radius 3 is 2.44 bits per heavy atom. The second-order valence-corrected chi connectivity index (χ2v) is 4.10. The number of rotatable bonds is 5. The molecule has 0 saturated carbocycles. The molecular formula is C13H20N2O. The molecule has 3 heteroatoms. The Kier molecular flexibility index (Phi) is 4.99. The van der Waals surface area contributed by atoms with E-state index in [1.165, 1.54) is 0 Å². The van der Waals surface area contributed by atoms with Gasteiger partial charge in [0.1, 0.15) is 0 Å². The van der Waals surface area contributed by atoms with Crippen LogP contribution in [-0.2, 0) is 4.79 Å². The Bertz CT molecular complexity index is 324. The van der Waals surface area contributed by atoms with Crippen molar-refractivity contribution >= 4 is 5.91 Å². The molecule has 0 heterocycles. The fourth-order valence-electron chi connectivity index (χ4n) is 1.58. The predicted octanol–water partition coefficient (Wildman–Crippen LogP) is 1.72. The van der Waals surface area contributed by atoms with Gasteiger partial charge in [0, 0.05) is 12.5 Å². The van der Waals surface area contributed by atoms with E-state index in [2.05, 4.69) is 10.6 Å². The van der Waals surface area contributed by atoms with Crippen molar-refractivity contribution < 1.29 is 4.79 Å². The lowest BCUT2D eigenvalue weighted by Gasteiger charge is -2.17. The number of amides is 1. The molecular weight excluding hydrogens is 200 g/mol. The van der Waals surface area contributed by atoms with E-state index in [0.29, 0.717) is 6.54 Å². The van der Waals surface area contributed by atoms with Crippen molar-refractivity contribution in [2.24, 2.45) is 5.92 Å². The molecule has 1 aromatic rings. The zero-order valence-electron chi connectivity index (χ0n) is 10.2. The smallest absolute Gasteiger partial charge is 0.224 e. The molecule has 1 unspecified atom stereocenters. The largest absolute Gasteiger partial charge is 0.349 e. The van der Waals surface area contributed by atoms with Crippen LogP contribution in [0.15, 0.2) is 30.3 Å². The van der Waals surface area contributed by atoms with Gasteiger partial charge in [-0.25, -0.2) is 0 Å². The molecule has 1 amide bonds. The van der Waals surface area contributed by atoms with E-state index >= 15 is 0 Å². The summed E-state index contributed by atoms with van der Waals surface area (Å²) in [4.78, 5) is 11.8. The van der Waals surface area contributed by atoms with Crippen LogP contribution in [0.3, 0.4) is 0 Å². The van der Waals surface area contributed by atoms with Crippen LogP contribution in [0.2, 0.25) is 0 Å². The fourth-order valence-corrected chi connectivity index (χ4v) is 1.58. The van der Waals surface area contributed by atoms with Crippen LogP contribution < -0.4 is 10.6 Å². The minimum absolute atomic E-state index is 0.00355. The Hall–Kier alpha value is -1.35. The lowest BCUT2D eigenvalue weighted by Crippen LogP contribution is -2.35. The van der Waals surface area contributed by atoms with E-state index in [4.69, 9.17) is 0 Å². The SMILES string of the molecule is CNCC(C)C(=O)N[C@H](C)c1ccccc1. The lowest BCUT2D eigenvalue weighted by molar-refractivity contribution is -0.125. The molecule has 88 valence electrons. The Balaban J connectivity index is 2.51. The molecule has 0 aliphatic rings. The maximum Gasteiger partial charge on any atom is 0.224 e. The summed E-state index contributed by atoms with van der Waals surface area (Å²) in [5.41, 5.74) is 1.13. The summed E-state index contributed by atoms with van der Waals surface area (Å²) < 4.78 is 0. The number of carbonyl (C=O) groups excluding carboxylic acids is 1. The molecule has 0 aromatic heterocycles. The van der Waals surface area contributed by atoms with E-state index in [1.54, 1.807) is 0 Å². The molecule has 0 fully saturated rings. The first kappa shape index (κ1) is 12.7. The second kappa shape index (κ2) is 6.28. The van der Waals surface area contributed by atoms with Gasteiger partial charge >= 0.3 is 0 Å². The van der Waals surface area contributed by atoms with Crippen molar-refractivity contribution in [1.82, 2.24) is 10.6 Å². The maximum atomic E-state index is 11.8. The van der Waals surface area contributed by atoms with Gasteiger partial charge in [0.25, 0.3) is 0 Å². The van der Waals surface area contributed by atoms with Crippen molar-refractivity contribution in [1.29, 1.82) is 0 Å². The average Bonchev–Trinajstić information content (AvgIpc) is 2.30. The van der Waals surface area contributed by atoms with Gasteiger partial charge in [-0.1, -0.05) is 37.3 Å². The second-order valence-electron chi connectivity index (χ2n) is 4.10. The fraction of sp³-hybridized carbons (Fsp3) is 0.462. The monoisotopic (exact) mass is 220 g/mol. The summed E-state index contributed by atoms with van der Waals surface area (Å²) in [6.07, 6.45) is 0. The topological polar surface area (TPSA) is 41.1 Å². The van der Waals surface area contributed by atoms with Gasteiger partial charge in [-0.05, 0) is 19.5 Å². The van der Waals surface area contributed by atoms with Gasteiger partial charge in [0.15, 0.2) is 0 Å². The molecule has 2 atom stereocenters. The minimum atomic E-state index is -0.00355. The molecule has 16 heavy (non-hydrogen) atoms. The van der Waals surface area contributed by atoms with E-state index in [9.17, 15) is 4.79 Å². The highest BCUT2D eigenvalue weighted by atomic mass is 16.1. The summed E-state index contributed by atoms with van der Waals surface area (Å²) >= 11 is 0. The molecule has 3 nitrogen and oxygen atoms in total. The Labute approximate surface area is 97.2 Å². The van der Waals surface area contributed by atoms with Crippen molar-refractivity contribution in [2.45, 2.75) is 19.9 Å². The molecule has 0 aliphatic carbocycles. The summed E-state index contributed by atoms with van der Waals surface area (Å²) in [6, 6.07) is 10.0. The zero-order valence-corrected chi connectivity index (χ0v) is 10.2. The third-order valence-electron chi connectivity index (χ3n) is 2.62. The van der Waals surface area contributed by atoms with Crippen LogP contribution in [0.25, 0.3) is 0 Å². The standard InChI is InChI=1S/C13H20N2O/c1-10(9-14-3)13(16)15-11(2)12-7-5-4-6-8-12/h4-8,10-11,14H,9H2,1-3H3,(H,15,16)/t10?,11-/m1/s1. The van der Waals surface area contributed by atoms with E-state index in [-0.39, 0.29) is 17.9 Å². The Morgan fingerprint density at radius 1 is 1.25 bits per heavy atom. The van der Waals surface area contributed by atoms with E-state index in [0.717, 1.165) is 5.56 Å². The van der Waals surface area contributed by atoms with Crippen LogP contribution in [0.4, 0.5) is 0 Å². The van der Waals surface area contributed by atoms with Crippen molar-refractivity contribution in [3.63, 3.8) is 0 Å². The third kappa shape index (κ3) is 3.66. The molecule has 1 aromatic carbocycles. The summed E-state index contributed by atoms with van der Waals surface area (Å²) in [7, 11) is 1.85. The minimum Gasteiger partial charge on any atom is -0.349 e. The molecule has 0 radical (unpaired) electrons. The van der Waals surface area contributed by atoms with Crippen LogP contribution >= 0.6 is 0 Å². The first-order valence-electron chi connectivity index (χ1n) is 5.65. The highest BCUT2D eigenvalue weighted by Gasteiger charge is 2.14. The van der Waals surface area contributed by atoms with Gasteiger partial charge in [-0.2, -0.15) is 0 Å². The van der Waals surface area contributed by atoms with Crippen LogP contribution in [0, 0.1) is 5.92 Å². The molecule has 0 saturated heterocycles. The first-order valence-corrected chi connectivity index (χ1v) is 5.65. The predicted molar refractivity (Wildman–Crippen MR) is 66.1 cm³/mol. The molecule has 1 rings (SSSR count). The van der Waals surface area contributed by atoms with E-state index < -0.39 is 0 Å². The Morgan fingerprint density at radius 2 is 1.88 bits per heavy atom. The van der Waals surface area contributed by atoms with Gasteiger partial charge in [0.2, 0.25) is 5.91 Å². The molecule has 2 N–H and O–H groups in total. The highest BCUT2D eigenvalue weighted by molar-refractivity contribution is 5.78. The molecule has 0 spiro atoms.